The Hall–Kier alpha value is -1.99. The van der Waals surface area contributed by atoms with E-state index in [1.165, 1.54) is 19.2 Å². The molecule has 1 aliphatic heterocycles. The van der Waals surface area contributed by atoms with Crippen molar-refractivity contribution in [3.63, 3.8) is 0 Å². The zero-order chi connectivity index (χ0) is 16.3. The van der Waals surface area contributed by atoms with Crippen molar-refractivity contribution in [1.29, 1.82) is 0 Å². The molecule has 1 saturated heterocycles. The smallest absolute Gasteiger partial charge is 0.255 e. The van der Waals surface area contributed by atoms with Crippen LogP contribution in [0.3, 0.4) is 0 Å². The van der Waals surface area contributed by atoms with E-state index in [0.29, 0.717) is 11.4 Å². The molecule has 0 spiro atoms. The molecule has 0 aromatic heterocycles. The van der Waals surface area contributed by atoms with Gasteiger partial charge in [0, 0.05) is 32.0 Å². The van der Waals surface area contributed by atoms with Crippen LogP contribution in [0.4, 0.5) is 5.69 Å². The topological polar surface area (TPSA) is 102 Å². The molecule has 1 aromatic carbocycles. The van der Waals surface area contributed by atoms with Crippen LogP contribution in [0.15, 0.2) is 12.1 Å². The number of carbonyl (C=O) groups excluding carboxylic acids is 3. The number of ether oxygens (including phenoxy) is 1. The highest BCUT2D eigenvalue weighted by atomic mass is 35.5. The van der Waals surface area contributed by atoms with Crippen molar-refractivity contribution in [1.82, 2.24) is 10.2 Å². The van der Waals surface area contributed by atoms with Gasteiger partial charge in [-0.1, -0.05) is 11.6 Å². The number of rotatable bonds is 5. The molecular formula is C14H17Cl2N3O4. The summed E-state index contributed by atoms with van der Waals surface area (Å²) in [4.78, 5) is 36.2. The molecule has 9 heteroatoms. The second-order valence-corrected chi connectivity index (χ2v) is 5.18. The minimum Gasteiger partial charge on any atom is -0.496 e. The van der Waals surface area contributed by atoms with Gasteiger partial charge >= 0.3 is 0 Å². The zero-order valence-electron chi connectivity index (χ0n) is 12.4. The molecule has 1 heterocycles. The highest BCUT2D eigenvalue weighted by molar-refractivity contribution is 6.33. The van der Waals surface area contributed by atoms with E-state index in [0.717, 1.165) is 4.90 Å². The number of likely N-dealkylation sites (tertiary alicyclic amines) is 1. The Bertz CT molecular complexity index is 621. The molecule has 0 radical (unpaired) electrons. The molecular weight excluding hydrogens is 345 g/mol. The number of nitrogens with zero attached hydrogens (tertiary/aromatic N) is 1. The largest absolute Gasteiger partial charge is 0.496 e. The van der Waals surface area contributed by atoms with E-state index in [4.69, 9.17) is 22.1 Å². The Morgan fingerprint density at radius 2 is 1.96 bits per heavy atom. The Kier molecular flexibility index (Phi) is 6.65. The van der Waals surface area contributed by atoms with Crippen LogP contribution in [-0.2, 0) is 9.59 Å². The molecule has 2 rings (SSSR count). The number of hydrogen-bond donors (Lipinski definition) is 2. The lowest BCUT2D eigenvalue weighted by molar-refractivity contribution is -0.138. The number of carbonyl (C=O) groups is 3. The second-order valence-electron chi connectivity index (χ2n) is 4.77. The number of nitrogens with two attached hydrogens (primary N) is 1. The van der Waals surface area contributed by atoms with Crippen LogP contribution in [0.2, 0.25) is 5.02 Å². The van der Waals surface area contributed by atoms with Gasteiger partial charge in [0.2, 0.25) is 11.8 Å². The maximum absolute atomic E-state index is 12.1. The fourth-order valence-electron chi connectivity index (χ4n) is 2.16. The van der Waals surface area contributed by atoms with Crippen molar-refractivity contribution < 1.29 is 19.1 Å². The first kappa shape index (κ1) is 19.1. The summed E-state index contributed by atoms with van der Waals surface area (Å²) < 4.78 is 5.10. The molecule has 7 nitrogen and oxygen atoms in total. The highest BCUT2D eigenvalue weighted by Crippen LogP contribution is 2.28. The number of halogens is 2. The van der Waals surface area contributed by atoms with Gasteiger partial charge in [-0.2, -0.15) is 0 Å². The van der Waals surface area contributed by atoms with Gasteiger partial charge < -0.3 is 15.8 Å². The molecule has 1 aromatic rings. The first-order valence-electron chi connectivity index (χ1n) is 6.68. The first-order valence-corrected chi connectivity index (χ1v) is 7.06. The number of anilines is 1. The molecule has 0 saturated carbocycles. The van der Waals surface area contributed by atoms with Crippen molar-refractivity contribution in [2.24, 2.45) is 0 Å². The van der Waals surface area contributed by atoms with Crippen LogP contribution in [0.1, 0.15) is 23.2 Å². The lowest BCUT2D eigenvalue weighted by Crippen LogP contribution is -2.37. The van der Waals surface area contributed by atoms with Gasteiger partial charge in [-0.15, -0.1) is 12.4 Å². The number of imide groups is 1. The van der Waals surface area contributed by atoms with Crippen LogP contribution < -0.4 is 15.8 Å². The minimum absolute atomic E-state index is 0. The standard InChI is InChI=1S/C14H16ClN3O4.ClH/c1-22-11-7-10(16)9(15)6-8(11)14(21)17-4-5-18-12(19)2-3-13(18)20;/h6-7H,2-5,16H2,1H3,(H,17,21);1H. The van der Waals surface area contributed by atoms with Gasteiger partial charge in [-0.3, -0.25) is 19.3 Å². The summed E-state index contributed by atoms with van der Waals surface area (Å²) in [6, 6.07) is 2.88. The zero-order valence-corrected chi connectivity index (χ0v) is 14.0. The van der Waals surface area contributed by atoms with Gasteiger partial charge in [0.1, 0.15) is 5.75 Å². The molecule has 0 bridgehead atoms. The summed E-state index contributed by atoms with van der Waals surface area (Å²) in [5.74, 6) is -0.551. The maximum Gasteiger partial charge on any atom is 0.255 e. The normalized spacial score (nSPS) is 13.7. The van der Waals surface area contributed by atoms with Gasteiger partial charge in [-0.05, 0) is 6.07 Å². The van der Waals surface area contributed by atoms with Crippen LogP contribution in [0, 0.1) is 0 Å². The number of hydrogen-bond acceptors (Lipinski definition) is 5. The summed E-state index contributed by atoms with van der Waals surface area (Å²) in [6.07, 6.45) is 0.461. The minimum atomic E-state index is -0.419. The molecule has 126 valence electrons. The van der Waals surface area contributed by atoms with E-state index in [1.807, 2.05) is 0 Å². The van der Waals surface area contributed by atoms with Crippen molar-refractivity contribution in [3.8, 4) is 5.75 Å². The predicted molar refractivity (Wildman–Crippen MR) is 88.0 cm³/mol. The van der Waals surface area contributed by atoms with Crippen LogP contribution >= 0.6 is 24.0 Å². The molecule has 3 amide bonds. The third kappa shape index (κ3) is 4.27. The fraction of sp³-hybridized carbons (Fsp3) is 0.357. The van der Waals surface area contributed by atoms with Gasteiger partial charge in [0.05, 0.1) is 23.4 Å². The van der Waals surface area contributed by atoms with Gasteiger partial charge in [0.25, 0.3) is 5.91 Å². The third-order valence-electron chi connectivity index (χ3n) is 3.34. The second kappa shape index (κ2) is 8.03. The molecule has 0 atom stereocenters. The number of methoxy groups -OCH3 is 1. The average molecular weight is 362 g/mol. The number of nitrogens with one attached hydrogen (secondary N) is 1. The van der Waals surface area contributed by atoms with Crippen LogP contribution in [0.25, 0.3) is 0 Å². The van der Waals surface area contributed by atoms with Crippen molar-refractivity contribution in [3.05, 3.63) is 22.7 Å². The van der Waals surface area contributed by atoms with Crippen LogP contribution in [-0.4, -0.2) is 42.8 Å². The average Bonchev–Trinajstić information content (AvgIpc) is 2.81. The van der Waals surface area contributed by atoms with Crippen molar-refractivity contribution in [2.75, 3.05) is 25.9 Å². The van der Waals surface area contributed by atoms with Crippen LogP contribution in [0.5, 0.6) is 5.75 Å². The molecule has 0 unspecified atom stereocenters. The summed E-state index contributed by atoms with van der Waals surface area (Å²) in [6.45, 7) is 0.301. The lowest BCUT2D eigenvalue weighted by atomic mass is 10.1. The Morgan fingerprint density at radius 1 is 1.35 bits per heavy atom. The Morgan fingerprint density at radius 3 is 2.52 bits per heavy atom. The van der Waals surface area contributed by atoms with Crippen molar-refractivity contribution in [2.45, 2.75) is 12.8 Å². The summed E-state index contributed by atoms with van der Waals surface area (Å²) in [5, 5.41) is 2.87. The van der Waals surface area contributed by atoms with Gasteiger partial charge in [-0.25, -0.2) is 0 Å². The Labute approximate surface area is 144 Å². The molecule has 3 N–H and O–H groups in total. The highest BCUT2D eigenvalue weighted by Gasteiger charge is 2.28. The Balaban J connectivity index is 0.00000264. The molecule has 0 aliphatic carbocycles. The lowest BCUT2D eigenvalue weighted by Gasteiger charge is -2.15. The van der Waals surface area contributed by atoms with E-state index in [-0.39, 0.29) is 60.7 Å². The predicted octanol–water partition coefficient (Wildman–Crippen LogP) is 1.23. The summed E-state index contributed by atoms with van der Waals surface area (Å²) >= 11 is 5.90. The number of amides is 3. The number of nitrogen functional groups attached to an aromatic ring is 1. The molecule has 23 heavy (non-hydrogen) atoms. The fourth-order valence-corrected chi connectivity index (χ4v) is 2.33. The quantitative estimate of drug-likeness (QED) is 0.606. The third-order valence-corrected chi connectivity index (χ3v) is 3.67. The van der Waals surface area contributed by atoms with E-state index >= 15 is 0 Å². The summed E-state index contributed by atoms with van der Waals surface area (Å²) in [5.41, 5.74) is 6.20. The van der Waals surface area contributed by atoms with E-state index in [1.54, 1.807) is 0 Å². The van der Waals surface area contributed by atoms with Gasteiger partial charge in [0.15, 0.2) is 0 Å². The monoisotopic (exact) mass is 361 g/mol. The van der Waals surface area contributed by atoms with E-state index in [2.05, 4.69) is 5.32 Å². The number of benzene rings is 1. The van der Waals surface area contributed by atoms with Crippen molar-refractivity contribution >= 4 is 47.4 Å². The first-order chi connectivity index (χ1) is 10.4. The summed E-state index contributed by atoms with van der Waals surface area (Å²) in [7, 11) is 1.42. The van der Waals surface area contributed by atoms with E-state index in [9.17, 15) is 14.4 Å². The SMILES string of the molecule is COc1cc(N)c(Cl)cc1C(=O)NCCN1C(=O)CCC1=O.Cl. The molecule has 1 fully saturated rings. The van der Waals surface area contributed by atoms with E-state index < -0.39 is 5.91 Å². The molecule has 1 aliphatic rings. The maximum atomic E-state index is 12.1.